The fourth-order valence-electron chi connectivity index (χ4n) is 2.41. The molecule has 0 atom stereocenters. The van der Waals surface area contributed by atoms with Crippen LogP contribution in [0.3, 0.4) is 0 Å². The Balaban J connectivity index is 1.94. The summed E-state index contributed by atoms with van der Waals surface area (Å²) in [5.74, 6) is -0.100. The molecular weight excluding hydrogens is 248 g/mol. The Kier molecular flexibility index (Phi) is 4.24. The van der Waals surface area contributed by atoms with Crippen molar-refractivity contribution < 1.29 is 8.42 Å². The number of nitrogens with two attached hydrogens (primary N) is 1. The maximum atomic E-state index is 11.0. The molecule has 0 saturated heterocycles. The van der Waals surface area contributed by atoms with Gasteiger partial charge in [-0.05, 0) is 30.5 Å². The SMILES string of the molecule is NS(=O)(=O)Cc1ccc(NC2CCCCC2)cc1. The van der Waals surface area contributed by atoms with Crippen LogP contribution in [-0.4, -0.2) is 14.5 Å². The molecule has 1 aliphatic rings. The van der Waals surface area contributed by atoms with Crippen molar-refractivity contribution in [1.29, 1.82) is 0 Å². The summed E-state index contributed by atoms with van der Waals surface area (Å²) >= 11 is 0. The van der Waals surface area contributed by atoms with E-state index in [4.69, 9.17) is 5.14 Å². The predicted molar refractivity (Wildman–Crippen MR) is 73.7 cm³/mol. The Labute approximate surface area is 109 Å². The van der Waals surface area contributed by atoms with Crippen molar-refractivity contribution in [1.82, 2.24) is 0 Å². The Bertz CT molecular complexity index is 476. The van der Waals surface area contributed by atoms with Crippen LogP contribution in [0.2, 0.25) is 0 Å². The summed E-state index contributed by atoms with van der Waals surface area (Å²) in [6.45, 7) is 0. The zero-order valence-corrected chi connectivity index (χ0v) is 11.2. The number of hydrogen-bond acceptors (Lipinski definition) is 3. The van der Waals surface area contributed by atoms with Crippen molar-refractivity contribution in [3.8, 4) is 0 Å². The van der Waals surface area contributed by atoms with E-state index in [2.05, 4.69) is 5.32 Å². The Morgan fingerprint density at radius 3 is 2.28 bits per heavy atom. The van der Waals surface area contributed by atoms with Gasteiger partial charge in [0.2, 0.25) is 10.0 Å². The van der Waals surface area contributed by atoms with Gasteiger partial charge in [-0.3, -0.25) is 0 Å². The van der Waals surface area contributed by atoms with Gasteiger partial charge in [-0.25, -0.2) is 13.6 Å². The van der Waals surface area contributed by atoms with Gasteiger partial charge in [0.05, 0.1) is 5.75 Å². The van der Waals surface area contributed by atoms with Crippen molar-refractivity contribution in [2.45, 2.75) is 43.9 Å². The highest BCUT2D eigenvalue weighted by Crippen LogP contribution is 2.21. The second-order valence-corrected chi connectivity index (χ2v) is 6.60. The zero-order valence-electron chi connectivity index (χ0n) is 10.4. The lowest BCUT2D eigenvalue weighted by molar-refractivity contribution is 0.463. The Hall–Kier alpha value is -1.07. The number of rotatable bonds is 4. The van der Waals surface area contributed by atoms with Gasteiger partial charge < -0.3 is 5.32 Å². The maximum absolute atomic E-state index is 11.0. The van der Waals surface area contributed by atoms with Crippen LogP contribution in [0, 0.1) is 0 Å². The molecule has 100 valence electrons. The summed E-state index contributed by atoms with van der Waals surface area (Å²) in [5.41, 5.74) is 1.78. The highest BCUT2D eigenvalue weighted by atomic mass is 32.2. The molecule has 0 heterocycles. The molecule has 1 aromatic carbocycles. The van der Waals surface area contributed by atoms with E-state index < -0.39 is 10.0 Å². The molecule has 1 saturated carbocycles. The summed E-state index contributed by atoms with van der Waals surface area (Å²) in [5, 5.41) is 8.50. The van der Waals surface area contributed by atoms with Crippen LogP contribution in [-0.2, 0) is 15.8 Å². The van der Waals surface area contributed by atoms with Crippen molar-refractivity contribution in [2.24, 2.45) is 5.14 Å². The second kappa shape index (κ2) is 5.71. The normalized spacial score (nSPS) is 17.6. The van der Waals surface area contributed by atoms with Crippen LogP contribution in [0.1, 0.15) is 37.7 Å². The van der Waals surface area contributed by atoms with Gasteiger partial charge in [-0.2, -0.15) is 0 Å². The topological polar surface area (TPSA) is 72.2 Å². The quantitative estimate of drug-likeness (QED) is 0.879. The fourth-order valence-corrected chi connectivity index (χ4v) is 3.07. The largest absolute Gasteiger partial charge is 0.382 e. The van der Waals surface area contributed by atoms with Gasteiger partial charge in [0.1, 0.15) is 0 Å². The number of anilines is 1. The Morgan fingerprint density at radius 1 is 1.11 bits per heavy atom. The molecule has 1 aromatic rings. The van der Waals surface area contributed by atoms with Gasteiger partial charge in [-0.15, -0.1) is 0 Å². The van der Waals surface area contributed by atoms with Crippen molar-refractivity contribution in [3.05, 3.63) is 29.8 Å². The maximum Gasteiger partial charge on any atom is 0.213 e. The zero-order chi connectivity index (χ0) is 13.0. The first kappa shape index (κ1) is 13.4. The lowest BCUT2D eigenvalue weighted by Crippen LogP contribution is -2.22. The van der Waals surface area contributed by atoms with Crippen molar-refractivity contribution >= 4 is 15.7 Å². The van der Waals surface area contributed by atoms with E-state index in [0.717, 1.165) is 11.3 Å². The highest BCUT2D eigenvalue weighted by molar-refractivity contribution is 7.88. The summed E-state index contributed by atoms with van der Waals surface area (Å²) in [4.78, 5) is 0. The van der Waals surface area contributed by atoms with E-state index in [-0.39, 0.29) is 5.75 Å². The van der Waals surface area contributed by atoms with E-state index in [9.17, 15) is 8.42 Å². The molecule has 0 radical (unpaired) electrons. The lowest BCUT2D eigenvalue weighted by Gasteiger charge is -2.23. The third-order valence-corrected chi connectivity index (χ3v) is 4.03. The minimum Gasteiger partial charge on any atom is -0.382 e. The van der Waals surface area contributed by atoms with Crippen LogP contribution in [0.4, 0.5) is 5.69 Å². The molecule has 0 bridgehead atoms. The van der Waals surface area contributed by atoms with Gasteiger partial charge >= 0.3 is 0 Å². The van der Waals surface area contributed by atoms with E-state index in [1.54, 1.807) is 0 Å². The van der Waals surface area contributed by atoms with E-state index >= 15 is 0 Å². The van der Waals surface area contributed by atoms with Crippen LogP contribution in [0.25, 0.3) is 0 Å². The predicted octanol–water partition coefficient (Wildman–Crippen LogP) is 2.22. The number of hydrogen-bond donors (Lipinski definition) is 2. The summed E-state index contributed by atoms with van der Waals surface area (Å²) in [7, 11) is -3.44. The molecule has 0 aliphatic heterocycles. The van der Waals surface area contributed by atoms with Crippen molar-refractivity contribution in [3.63, 3.8) is 0 Å². The van der Waals surface area contributed by atoms with Crippen LogP contribution in [0.5, 0.6) is 0 Å². The van der Waals surface area contributed by atoms with Crippen LogP contribution >= 0.6 is 0 Å². The molecule has 3 N–H and O–H groups in total. The molecule has 0 spiro atoms. The number of primary sulfonamides is 1. The van der Waals surface area contributed by atoms with E-state index in [1.165, 1.54) is 32.1 Å². The first-order chi connectivity index (χ1) is 8.53. The molecule has 4 nitrogen and oxygen atoms in total. The first-order valence-corrected chi connectivity index (χ1v) is 8.10. The van der Waals surface area contributed by atoms with E-state index in [0.29, 0.717) is 6.04 Å². The van der Waals surface area contributed by atoms with E-state index in [1.807, 2.05) is 24.3 Å². The minimum atomic E-state index is -3.44. The number of nitrogens with one attached hydrogen (secondary N) is 1. The first-order valence-electron chi connectivity index (χ1n) is 6.39. The molecule has 18 heavy (non-hydrogen) atoms. The van der Waals surface area contributed by atoms with Gasteiger partial charge in [-0.1, -0.05) is 31.4 Å². The van der Waals surface area contributed by atoms with Crippen molar-refractivity contribution in [2.75, 3.05) is 5.32 Å². The minimum absolute atomic E-state index is 0.100. The summed E-state index contributed by atoms with van der Waals surface area (Å²) in [6.07, 6.45) is 6.37. The average Bonchev–Trinajstić information content (AvgIpc) is 2.31. The second-order valence-electron chi connectivity index (χ2n) is 4.98. The smallest absolute Gasteiger partial charge is 0.213 e. The molecule has 1 fully saturated rings. The lowest BCUT2D eigenvalue weighted by atomic mass is 9.95. The molecule has 0 unspecified atom stereocenters. The van der Waals surface area contributed by atoms with Gasteiger partial charge in [0, 0.05) is 11.7 Å². The molecule has 0 amide bonds. The van der Waals surface area contributed by atoms with Crippen LogP contribution < -0.4 is 10.5 Å². The molecule has 2 rings (SSSR count). The Morgan fingerprint density at radius 2 is 1.72 bits per heavy atom. The van der Waals surface area contributed by atoms with Crippen LogP contribution in [0.15, 0.2) is 24.3 Å². The fraction of sp³-hybridized carbons (Fsp3) is 0.538. The monoisotopic (exact) mass is 268 g/mol. The average molecular weight is 268 g/mol. The molecule has 0 aromatic heterocycles. The molecule has 1 aliphatic carbocycles. The van der Waals surface area contributed by atoms with Gasteiger partial charge in [0.25, 0.3) is 0 Å². The number of sulfonamides is 1. The summed E-state index contributed by atoms with van der Waals surface area (Å²) in [6, 6.07) is 8.04. The third-order valence-electron chi connectivity index (χ3n) is 3.30. The van der Waals surface area contributed by atoms with Gasteiger partial charge in [0.15, 0.2) is 0 Å². The number of benzene rings is 1. The standard InChI is InChI=1S/C13H20N2O2S/c14-18(16,17)10-11-6-8-13(9-7-11)15-12-4-2-1-3-5-12/h6-9,12,15H,1-5,10H2,(H2,14,16,17). The summed E-state index contributed by atoms with van der Waals surface area (Å²) < 4.78 is 21.9. The highest BCUT2D eigenvalue weighted by Gasteiger charge is 2.12. The third kappa shape index (κ3) is 4.31. The molecule has 5 heteroatoms. The molecular formula is C13H20N2O2S.